The van der Waals surface area contributed by atoms with Gasteiger partial charge in [-0.2, -0.15) is 0 Å². The summed E-state index contributed by atoms with van der Waals surface area (Å²) < 4.78 is 4.94. The van der Waals surface area contributed by atoms with Crippen molar-refractivity contribution in [2.45, 2.75) is 45.6 Å². The molecule has 0 aliphatic heterocycles. The molecule has 28 heavy (non-hydrogen) atoms. The van der Waals surface area contributed by atoms with Crippen LogP contribution in [0.3, 0.4) is 0 Å². The van der Waals surface area contributed by atoms with Crippen LogP contribution >= 0.6 is 0 Å². The number of esters is 1. The number of hydrogen-bond donors (Lipinski definition) is 1. The first kappa shape index (κ1) is 21.4. The van der Waals surface area contributed by atoms with E-state index in [1.54, 1.807) is 12.1 Å². The van der Waals surface area contributed by atoms with Crippen LogP contribution in [0, 0.1) is 0 Å². The first-order valence-electron chi connectivity index (χ1n) is 9.63. The van der Waals surface area contributed by atoms with Crippen molar-refractivity contribution in [3.8, 4) is 11.1 Å². The van der Waals surface area contributed by atoms with Gasteiger partial charge in [-0.1, -0.05) is 67.9 Å². The standard InChI is InChI=1S/C23H27NO4/c1-3-7-17(2)24-22(26)16-28-23(27)15-14-21(25)20-12-10-19(11-13-20)18-8-5-4-6-9-18/h4-6,8-13,17H,3,7,14-16H2,1-2H3,(H,24,26)/t17-/m0/s1. The summed E-state index contributed by atoms with van der Waals surface area (Å²) in [5.74, 6) is -0.998. The van der Waals surface area contributed by atoms with E-state index in [0.717, 1.165) is 24.0 Å². The smallest absolute Gasteiger partial charge is 0.306 e. The van der Waals surface area contributed by atoms with Crippen LogP contribution in [0.1, 0.15) is 49.9 Å². The average Bonchev–Trinajstić information content (AvgIpc) is 2.71. The summed E-state index contributed by atoms with van der Waals surface area (Å²) in [5.41, 5.74) is 2.66. The summed E-state index contributed by atoms with van der Waals surface area (Å²) in [7, 11) is 0. The highest BCUT2D eigenvalue weighted by molar-refractivity contribution is 5.98. The van der Waals surface area contributed by atoms with Crippen molar-refractivity contribution in [1.82, 2.24) is 5.32 Å². The van der Waals surface area contributed by atoms with Crippen molar-refractivity contribution >= 4 is 17.7 Å². The molecule has 0 saturated carbocycles. The molecule has 1 atom stereocenters. The highest BCUT2D eigenvalue weighted by Crippen LogP contribution is 2.20. The lowest BCUT2D eigenvalue weighted by molar-refractivity contribution is -0.148. The molecule has 2 aromatic carbocycles. The van der Waals surface area contributed by atoms with Gasteiger partial charge in [0.2, 0.25) is 0 Å². The van der Waals surface area contributed by atoms with E-state index >= 15 is 0 Å². The minimum Gasteiger partial charge on any atom is -0.456 e. The van der Waals surface area contributed by atoms with Crippen molar-refractivity contribution < 1.29 is 19.1 Å². The fraction of sp³-hybridized carbons (Fsp3) is 0.348. The van der Waals surface area contributed by atoms with Gasteiger partial charge in [-0.05, 0) is 24.5 Å². The largest absolute Gasteiger partial charge is 0.456 e. The van der Waals surface area contributed by atoms with Crippen molar-refractivity contribution in [3.05, 3.63) is 60.2 Å². The summed E-state index contributed by atoms with van der Waals surface area (Å²) in [4.78, 5) is 35.7. The Balaban J connectivity index is 1.75. The quantitative estimate of drug-likeness (QED) is 0.495. The predicted octanol–water partition coefficient (Wildman–Crippen LogP) is 4.16. The molecule has 0 radical (unpaired) electrons. The fourth-order valence-electron chi connectivity index (χ4n) is 2.88. The van der Waals surface area contributed by atoms with Gasteiger partial charge in [0.1, 0.15) is 0 Å². The highest BCUT2D eigenvalue weighted by atomic mass is 16.5. The summed E-state index contributed by atoms with van der Waals surface area (Å²) in [6, 6.07) is 17.3. The van der Waals surface area contributed by atoms with Crippen LogP contribution in [-0.2, 0) is 14.3 Å². The number of benzene rings is 2. The molecule has 2 rings (SSSR count). The van der Waals surface area contributed by atoms with Crippen molar-refractivity contribution in [3.63, 3.8) is 0 Å². The maximum atomic E-state index is 12.3. The average molecular weight is 381 g/mol. The third-order valence-corrected chi connectivity index (χ3v) is 4.36. The van der Waals surface area contributed by atoms with Crippen LogP contribution in [0.4, 0.5) is 0 Å². The zero-order chi connectivity index (χ0) is 20.4. The molecule has 0 unspecified atom stereocenters. The van der Waals surface area contributed by atoms with Crippen LogP contribution in [0.5, 0.6) is 0 Å². The van der Waals surface area contributed by atoms with Crippen molar-refractivity contribution in [2.75, 3.05) is 6.61 Å². The third kappa shape index (κ3) is 6.99. The predicted molar refractivity (Wildman–Crippen MR) is 109 cm³/mol. The number of amides is 1. The van der Waals surface area contributed by atoms with Gasteiger partial charge < -0.3 is 10.1 Å². The Hall–Kier alpha value is -2.95. The van der Waals surface area contributed by atoms with Crippen LogP contribution < -0.4 is 5.32 Å². The first-order chi connectivity index (χ1) is 13.5. The summed E-state index contributed by atoms with van der Waals surface area (Å²) in [6.07, 6.45) is 1.85. The summed E-state index contributed by atoms with van der Waals surface area (Å²) in [6.45, 7) is 3.63. The maximum absolute atomic E-state index is 12.3. The van der Waals surface area contributed by atoms with Gasteiger partial charge >= 0.3 is 5.97 Å². The Morgan fingerprint density at radius 2 is 1.57 bits per heavy atom. The number of carbonyl (C=O) groups is 3. The van der Waals surface area contributed by atoms with Crippen molar-refractivity contribution in [2.24, 2.45) is 0 Å². The van der Waals surface area contributed by atoms with Crippen molar-refractivity contribution in [1.29, 1.82) is 0 Å². The monoisotopic (exact) mass is 381 g/mol. The topological polar surface area (TPSA) is 72.5 Å². The molecule has 5 heteroatoms. The van der Waals surface area contributed by atoms with Gasteiger partial charge in [0.25, 0.3) is 5.91 Å². The van der Waals surface area contributed by atoms with E-state index in [1.807, 2.05) is 56.3 Å². The molecule has 0 aromatic heterocycles. The van der Waals surface area contributed by atoms with E-state index < -0.39 is 5.97 Å². The number of nitrogens with one attached hydrogen (secondary N) is 1. The minimum absolute atomic E-state index is 0.0446. The number of carbonyl (C=O) groups excluding carboxylic acids is 3. The van der Waals surface area contributed by atoms with Gasteiger partial charge in [-0.3, -0.25) is 14.4 Å². The van der Waals surface area contributed by atoms with E-state index in [4.69, 9.17) is 4.74 Å². The SMILES string of the molecule is CCC[C@H](C)NC(=O)COC(=O)CCC(=O)c1ccc(-c2ccccc2)cc1. The molecule has 1 amide bonds. The Bertz CT molecular complexity index is 784. The molecular formula is C23H27NO4. The van der Waals surface area contributed by atoms with Gasteiger partial charge in [0.05, 0.1) is 6.42 Å². The minimum atomic E-state index is -0.549. The number of ether oxygens (including phenoxy) is 1. The van der Waals surface area contributed by atoms with Crippen LogP contribution in [0.25, 0.3) is 11.1 Å². The van der Waals surface area contributed by atoms with Crippen LogP contribution in [0.2, 0.25) is 0 Å². The molecule has 0 aliphatic carbocycles. The van der Waals surface area contributed by atoms with Gasteiger partial charge in [0.15, 0.2) is 12.4 Å². The molecule has 5 nitrogen and oxygen atoms in total. The summed E-state index contributed by atoms with van der Waals surface area (Å²) in [5, 5.41) is 2.76. The molecule has 1 N–H and O–H groups in total. The van der Waals surface area contributed by atoms with Gasteiger partial charge in [0, 0.05) is 18.0 Å². The first-order valence-corrected chi connectivity index (χ1v) is 9.63. The molecule has 148 valence electrons. The molecule has 0 bridgehead atoms. The lowest BCUT2D eigenvalue weighted by Crippen LogP contribution is -2.35. The number of rotatable bonds is 10. The fourth-order valence-corrected chi connectivity index (χ4v) is 2.88. The zero-order valence-electron chi connectivity index (χ0n) is 16.4. The van der Waals surface area contributed by atoms with Crippen LogP contribution in [0.15, 0.2) is 54.6 Å². The van der Waals surface area contributed by atoms with Crippen LogP contribution in [-0.4, -0.2) is 30.3 Å². The third-order valence-electron chi connectivity index (χ3n) is 4.36. The molecule has 2 aromatic rings. The zero-order valence-corrected chi connectivity index (χ0v) is 16.4. The number of Topliss-reactive ketones (excluding diaryl/α,β-unsaturated/α-hetero) is 1. The summed E-state index contributed by atoms with van der Waals surface area (Å²) >= 11 is 0. The normalized spacial score (nSPS) is 11.5. The molecule has 0 aliphatic rings. The second-order valence-electron chi connectivity index (χ2n) is 6.78. The Morgan fingerprint density at radius 3 is 2.21 bits per heavy atom. The molecule has 0 fully saturated rings. The Kier molecular flexibility index (Phi) is 8.40. The highest BCUT2D eigenvalue weighted by Gasteiger charge is 2.13. The van der Waals surface area contributed by atoms with E-state index in [1.165, 1.54) is 0 Å². The number of hydrogen-bond acceptors (Lipinski definition) is 4. The Labute approximate surface area is 166 Å². The van der Waals surface area contributed by atoms with E-state index in [0.29, 0.717) is 5.56 Å². The lowest BCUT2D eigenvalue weighted by Gasteiger charge is -2.12. The molecule has 0 heterocycles. The molecule has 0 saturated heterocycles. The Morgan fingerprint density at radius 1 is 0.929 bits per heavy atom. The van der Waals surface area contributed by atoms with E-state index in [-0.39, 0.29) is 37.2 Å². The van der Waals surface area contributed by atoms with Gasteiger partial charge in [-0.15, -0.1) is 0 Å². The van der Waals surface area contributed by atoms with E-state index in [2.05, 4.69) is 5.32 Å². The maximum Gasteiger partial charge on any atom is 0.306 e. The van der Waals surface area contributed by atoms with Gasteiger partial charge in [-0.25, -0.2) is 0 Å². The van der Waals surface area contributed by atoms with E-state index in [9.17, 15) is 14.4 Å². The second kappa shape index (κ2) is 11.0. The second-order valence-corrected chi connectivity index (χ2v) is 6.78. The molecule has 0 spiro atoms. The lowest BCUT2D eigenvalue weighted by atomic mass is 10.0. The molecular weight excluding hydrogens is 354 g/mol. The number of ketones is 1.